The van der Waals surface area contributed by atoms with Crippen molar-refractivity contribution in [3.8, 4) is 22.9 Å². The van der Waals surface area contributed by atoms with E-state index in [1.165, 1.54) is 0 Å². The van der Waals surface area contributed by atoms with Crippen molar-refractivity contribution in [2.24, 2.45) is 0 Å². The Balaban J connectivity index is 1.67. The van der Waals surface area contributed by atoms with Gasteiger partial charge in [0.1, 0.15) is 6.04 Å². The number of fused-ring (bicyclic) bond motifs is 1. The third-order valence-electron chi connectivity index (χ3n) is 5.74. The number of rotatable bonds is 4. The quantitative estimate of drug-likeness (QED) is 0.656. The largest absolute Gasteiger partial charge is 0.504 e. The van der Waals surface area contributed by atoms with Gasteiger partial charge in [-0.05, 0) is 50.5 Å². The van der Waals surface area contributed by atoms with Gasteiger partial charge < -0.3 is 15.2 Å². The van der Waals surface area contributed by atoms with E-state index in [1.54, 1.807) is 16.8 Å². The molecule has 1 aliphatic heterocycles. The average Bonchev–Trinajstić information content (AvgIpc) is 3.18. The van der Waals surface area contributed by atoms with Crippen LogP contribution in [0.15, 0.2) is 53.7 Å². The molecule has 7 nitrogen and oxygen atoms in total. The average molecular weight is 416 g/mol. The first-order valence-electron chi connectivity index (χ1n) is 10.6. The number of aromatic hydroxyl groups is 1. The van der Waals surface area contributed by atoms with E-state index in [0.717, 1.165) is 35.2 Å². The minimum Gasteiger partial charge on any atom is -0.504 e. The number of ketones is 1. The zero-order chi connectivity index (χ0) is 21.5. The summed E-state index contributed by atoms with van der Waals surface area (Å²) in [6, 6.07) is 12.8. The Morgan fingerprint density at radius 3 is 2.90 bits per heavy atom. The molecule has 2 aromatic carbocycles. The molecule has 31 heavy (non-hydrogen) atoms. The Kier molecular flexibility index (Phi) is 4.73. The van der Waals surface area contributed by atoms with Crippen LogP contribution >= 0.6 is 0 Å². The molecule has 5 rings (SSSR count). The number of aromatic nitrogens is 3. The Hall–Kier alpha value is -3.61. The van der Waals surface area contributed by atoms with Crippen LogP contribution in [0.4, 0.5) is 5.95 Å². The fourth-order valence-corrected chi connectivity index (χ4v) is 4.34. The van der Waals surface area contributed by atoms with Crippen LogP contribution in [0.2, 0.25) is 0 Å². The van der Waals surface area contributed by atoms with Crippen LogP contribution in [-0.4, -0.2) is 32.3 Å². The van der Waals surface area contributed by atoms with Crippen LogP contribution in [0.25, 0.3) is 11.4 Å². The number of benzene rings is 2. The van der Waals surface area contributed by atoms with Crippen molar-refractivity contribution in [1.29, 1.82) is 0 Å². The SMILES string of the molecule is CCOc1cc(C2C3=C(CCCC3=O)Nc3nc(-c4cccc(C)c4)nn32)ccc1O. The van der Waals surface area contributed by atoms with E-state index >= 15 is 0 Å². The van der Waals surface area contributed by atoms with Gasteiger partial charge in [0.25, 0.3) is 0 Å². The summed E-state index contributed by atoms with van der Waals surface area (Å²) in [6.45, 7) is 4.33. The van der Waals surface area contributed by atoms with Crippen molar-refractivity contribution in [3.05, 3.63) is 64.9 Å². The molecule has 0 saturated heterocycles. The lowest BCUT2D eigenvalue weighted by Crippen LogP contribution is -2.31. The summed E-state index contributed by atoms with van der Waals surface area (Å²) in [6.07, 6.45) is 2.12. The van der Waals surface area contributed by atoms with E-state index in [4.69, 9.17) is 14.8 Å². The fraction of sp³-hybridized carbons (Fsp3) is 0.292. The molecule has 0 spiro atoms. The van der Waals surface area contributed by atoms with Gasteiger partial charge in [0.15, 0.2) is 23.1 Å². The molecule has 1 unspecified atom stereocenters. The summed E-state index contributed by atoms with van der Waals surface area (Å²) in [7, 11) is 0. The Bertz CT molecular complexity index is 1210. The Morgan fingerprint density at radius 2 is 2.10 bits per heavy atom. The molecule has 3 aromatic rings. The van der Waals surface area contributed by atoms with E-state index in [2.05, 4.69) is 5.32 Å². The number of ether oxygens (including phenoxy) is 1. The molecule has 1 aromatic heterocycles. The number of Topliss-reactive ketones (excluding diaryl/α,β-unsaturated/α-hetero) is 1. The first-order valence-corrected chi connectivity index (χ1v) is 10.6. The van der Waals surface area contributed by atoms with Gasteiger partial charge in [-0.3, -0.25) is 4.79 Å². The van der Waals surface area contributed by atoms with E-state index in [9.17, 15) is 9.90 Å². The number of carbonyl (C=O) groups excluding carboxylic acids is 1. The molecule has 1 atom stereocenters. The summed E-state index contributed by atoms with van der Waals surface area (Å²) < 4.78 is 7.37. The summed E-state index contributed by atoms with van der Waals surface area (Å²) in [5.74, 6) is 1.80. The highest BCUT2D eigenvalue weighted by atomic mass is 16.5. The van der Waals surface area contributed by atoms with Gasteiger partial charge in [0, 0.05) is 23.3 Å². The smallest absolute Gasteiger partial charge is 0.226 e. The molecule has 2 aliphatic rings. The number of phenolic OH excluding ortho intramolecular Hbond substituents is 1. The topological polar surface area (TPSA) is 89.3 Å². The van der Waals surface area contributed by atoms with Gasteiger partial charge in [-0.1, -0.05) is 29.8 Å². The minimum atomic E-state index is -0.426. The maximum absolute atomic E-state index is 13.0. The van der Waals surface area contributed by atoms with Crippen molar-refractivity contribution >= 4 is 11.7 Å². The standard InChI is InChI=1S/C24H24N4O3/c1-3-31-20-13-15(10-11-18(20)29)22-21-17(8-5-9-19(21)30)25-24-26-23(27-28(22)24)16-7-4-6-14(2)12-16/h4,6-7,10-13,22,29H,3,5,8-9H2,1-2H3,(H,25,26,27). The molecule has 0 saturated carbocycles. The number of allylic oxidation sites excluding steroid dienone is 2. The van der Waals surface area contributed by atoms with E-state index in [0.29, 0.717) is 36.1 Å². The van der Waals surface area contributed by atoms with E-state index < -0.39 is 6.04 Å². The molecular weight excluding hydrogens is 392 g/mol. The second-order valence-electron chi connectivity index (χ2n) is 7.93. The lowest BCUT2D eigenvalue weighted by Gasteiger charge is -2.32. The van der Waals surface area contributed by atoms with Crippen LogP contribution in [0, 0.1) is 6.92 Å². The summed E-state index contributed by atoms with van der Waals surface area (Å²) in [5.41, 5.74) is 4.50. The van der Waals surface area contributed by atoms with Gasteiger partial charge in [-0.25, -0.2) is 4.68 Å². The zero-order valence-electron chi connectivity index (χ0n) is 17.6. The van der Waals surface area contributed by atoms with Crippen molar-refractivity contribution in [1.82, 2.24) is 14.8 Å². The lowest BCUT2D eigenvalue weighted by molar-refractivity contribution is -0.116. The second-order valence-corrected chi connectivity index (χ2v) is 7.93. The molecule has 7 heteroatoms. The number of nitrogens with one attached hydrogen (secondary N) is 1. The number of anilines is 1. The maximum Gasteiger partial charge on any atom is 0.226 e. The molecular formula is C24H24N4O3. The van der Waals surface area contributed by atoms with Gasteiger partial charge in [-0.15, -0.1) is 5.10 Å². The molecule has 158 valence electrons. The number of hydrogen-bond donors (Lipinski definition) is 2. The van der Waals surface area contributed by atoms with E-state index in [1.807, 2.05) is 44.2 Å². The van der Waals surface area contributed by atoms with E-state index in [-0.39, 0.29) is 11.5 Å². The minimum absolute atomic E-state index is 0.0722. The highest BCUT2D eigenvalue weighted by Gasteiger charge is 2.37. The van der Waals surface area contributed by atoms with Crippen LogP contribution in [0.3, 0.4) is 0 Å². The van der Waals surface area contributed by atoms with Crippen LogP contribution < -0.4 is 10.1 Å². The first-order chi connectivity index (χ1) is 15.0. The summed E-state index contributed by atoms with van der Waals surface area (Å²) in [5, 5.41) is 18.3. The number of aryl methyl sites for hydroxylation is 1. The molecule has 0 fully saturated rings. The van der Waals surface area contributed by atoms with Gasteiger partial charge >= 0.3 is 0 Å². The molecule has 0 bridgehead atoms. The molecule has 2 N–H and O–H groups in total. The molecule has 1 aliphatic carbocycles. The Labute approximate surface area is 180 Å². The van der Waals surface area contributed by atoms with Crippen LogP contribution in [-0.2, 0) is 4.79 Å². The van der Waals surface area contributed by atoms with Gasteiger partial charge in [0.2, 0.25) is 5.95 Å². The third kappa shape index (κ3) is 3.36. The predicted molar refractivity (Wildman–Crippen MR) is 117 cm³/mol. The number of hydrogen-bond acceptors (Lipinski definition) is 6. The monoisotopic (exact) mass is 416 g/mol. The second kappa shape index (κ2) is 7.58. The normalized spacial score (nSPS) is 17.7. The molecule has 2 heterocycles. The van der Waals surface area contributed by atoms with Crippen molar-refractivity contribution in [3.63, 3.8) is 0 Å². The van der Waals surface area contributed by atoms with Crippen molar-refractivity contribution in [2.75, 3.05) is 11.9 Å². The number of phenols is 1. The van der Waals surface area contributed by atoms with Crippen LogP contribution in [0.1, 0.15) is 43.4 Å². The summed E-state index contributed by atoms with van der Waals surface area (Å²) >= 11 is 0. The third-order valence-corrected chi connectivity index (χ3v) is 5.74. The first kappa shape index (κ1) is 19.4. The maximum atomic E-state index is 13.0. The predicted octanol–water partition coefficient (Wildman–Crippen LogP) is 4.38. The highest BCUT2D eigenvalue weighted by Crippen LogP contribution is 2.42. The Morgan fingerprint density at radius 1 is 1.23 bits per heavy atom. The van der Waals surface area contributed by atoms with Crippen molar-refractivity contribution < 1.29 is 14.6 Å². The fourth-order valence-electron chi connectivity index (χ4n) is 4.34. The molecule has 0 radical (unpaired) electrons. The number of nitrogens with zero attached hydrogens (tertiary/aromatic N) is 3. The van der Waals surface area contributed by atoms with Crippen molar-refractivity contribution in [2.45, 2.75) is 39.2 Å². The number of carbonyl (C=O) groups is 1. The molecule has 0 amide bonds. The summed E-state index contributed by atoms with van der Waals surface area (Å²) in [4.78, 5) is 17.7. The van der Waals surface area contributed by atoms with Gasteiger partial charge in [0.05, 0.1) is 6.61 Å². The van der Waals surface area contributed by atoms with Crippen LogP contribution in [0.5, 0.6) is 11.5 Å². The highest BCUT2D eigenvalue weighted by molar-refractivity contribution is 5.99. The van der Waals surface area contributed by atoms with Gasteiger partial charge in [-0.2, -0.15) is 4.98 Å². The lowest BCUT2D eigenvalue weighted by atomic mass is 9.85. The zero-order valence-corrected chi connectivity index (χ0v) is 17.6.